The number of aromatic nitrogens is 3. The van der Waals surface area contributed by atoms with Crippen molar-refractivity contribution in [2.24, 2.45) is 0 Å². The van der Waals surface area contributed by atoms with Gasteiger partial charge in [-0.1, -0.05) is 16.8 Å². The summed E-state index contributed by atoms with van der Waals surface area (Å²) in [6.45, 7) is 4.45. The van der Waals surface area contributed by atoms with E-state index < -0.39 is 0 Å². The van der Waals surface area contributed by atoms with Gasteiger partial charge >= 0.3 is 0 Å². The molecular formula is C18H15N3O3. The lowest BCUT2D eigenvalue weighted by Gasteiger charge is -2.08. The molecule has 120 valence electrons. The maximum Gasteiger partial charge on any atom is 0.293 e. The number of nitrogens with zero attached hydrogens (tertiary/aromatic N) is 3. The Morgan fingerprint density at radius 2 is 2.04 bits per heavy atom. The van der Waals surface area contributed by atoms with Gasteiger partial charge in [0.1, 0.15) is 0 Å². The zero-order valence-corrected chi connectivity index (χ0v) is 13.3. The van der Waals surface area contributed by atoms with E-state index in [1.54, 1.807) is 18.4 Å². The number of benzene rings is 1. The van der Waals surface area contributed by atoms with Crippen LogP contribution >= 0.6 is 0 Å². The van der Waals surface area contributed by atoms with Crippen molar-refractivity contribution in [3.05, 3.63) is 48.2 Å². The van der Waals surface area contributed by atoms with Crippen molar-refractivity contribution < 1.29 is 13.7 Å². The summed E-state index contributed by atoms with van der Waals surface area (Å²) >= 11 is 0. The molecule has 6 nitrogen and oxygen atoms in total. The van der Waals surface area contributed by atoms with Gasteiger partial charge in [-0.3, -0.25) is 0 Å². The van der Waals surface area contributed by atoms with Crippen molar-refractivity contribution in [3.8, 4) is 28.9 Å². The van der Waals surface area contributed by atoms with Crippen molar-refractivity contribution in [2.75, 3.05) is 6.61 Å². The van der Waals surface area contributed by atoms with Gasteiger partial charge in [-0.15, -0.1) is 0 Å². The number of ether oxygens (including phenoxy) is 1. The monoisotopic (exact) mass is 321 g/mol. The van der Waals surface area contributed by atoms with Gasteiger partial charge in [0.15, 0.2) is 5.76 Å². The smallest absolute Gasteiger partial charge is 0.293 e. The van der Waals surface area contributed by atoms with Crippen LogP contribution in [0, 0.1) is 6.92 Å². The first-order chi connectivity index (χ1) is 11.7. The number of rotatable bonds is 4. The molecule has 0 atom stereocenters. The molecule has 0 fully saturated rings. The van der Waals surface area contributed by atoms with Gasteiger partial charge in [0.2, 0.25) is 11.7 Å². The highest BCUT2D eigenvalue weighted by atomic mass is 16.5. The number of hydrogen-bond acceptors (Lipinski definition) is 6. The third-order valence-electron chi connectivity index (χ3n) is 3.62. The number of fused-ring (bicyclic) bond motifs is 1. The van der Waals surface area contributed by atoms with E-state index in [-0.39, 0.29) is 0 Å². The Balaban J connectivity index is 1.86. The standard InChI is InChI=1S/C18H15N3O3/c1-3-22-17-13(10-12-9-11(2)6-7-14(12)19-17)16-20-18(24-21-16)15-5-4-8-23-15/h4-10H,3H2,1-2H3. The molecule has 3 heterocycles. The van der Waals surface area contributed by atoms with Crippen LogP contribution in [0.1, 0.15) is 12.5 Å². The Hall–Kier alpha value is -3.15. The molecule has 0 amide bonds. The second-order valence-corrected chi connectivity index (χ2v) is 5.37. The van der Waals surface area contributed by atoms with Crippen LogP contribution in [0.4, 0.5) is 0 Å². The molecule has 0 aliphatic carbocycles. The van der Waals surface area contributed by atoms with Crippen molar-refractivity contribution >= 4 is 10.9 Å². The molecule has 0 N–H and O–H groups in total. The van der Waals surface area contributed by atoms with E-state index in [9.17, 15) is 0 Å². The molecule has 24 heavy (non-hydrogen) atoms. The van der Waals surface area contributed by atoms with Gasteiger partial charge in [-0.05, 0) is 44.2 Å². The number of hydrogen-bond donors (Lipinski definition) is 0. The van der Waals surface area contributed by atoms with Crippen molar-refractivity contribution in [1.82, 2.24) is 15.1 Å². The Morgan fingerprint density at radius 1 is 1.12 bits per heavy atom. The maximum absolute atomic E-state index is 5.67. The second-order valence-electron chi connectivity index (χ2n) is 5.37. The Bertz CT molecular complexity index is 990. The zero-order valence-electron chi connectivity index (χ0n) is 13.3. The zero-order chi connectivity index (χ0) is 16.5. The first-order valence-electron chi connectivity index (χ1n) is 7.67. The molecule has 4 aromatic rings. The number of pyridine rings is 1. The van der Waals surface area contributed by atoms with E-state index in [4.69, 9.17) is 13.7 Å². The fourth-order valence-electron chi connectivity index (χ4n) is 2.52. The van der Waals surface area contributed by atoms with Crippen molar-refractivity contribution in [1.29, 1.82) is 0 Å². The Kier molecular flexibility index (Phi) is 3.49. The first-order valence-corrected chi connectivity index (χ1v) is 7.67. The molecule has 0 saturated carbocycles. The average Bonchev–Trinajstić information content (AvgIpc) is 3.26. The van der Waals surface area contributed by atoms with Gasteiger partial charge in [0.25, 0.3) is 5.89 Å². The van der Waals surface area contributed by atoms with Crippen molar-refractivity contribution in [2.45, 2.75) is 13.8 Å². The van der Waals surface area contributed by atoms with Gasteiger partial charge in [-0.2, -0.15) is 4.98 Å². The fourth-order valence-corrected chi connectivity index (χ4v) is 2.52. The lowest BCUT2D eigenvalue weighted by molar-refractivity contribution is 0.329. The van der Waals surface area contributed by atoms with Gasteiger partial charge in [0, 0.05) is 5.39 Å². The van der Waals surface area contributed by atoms with Crippen LogP contribution in [0.5, 0.6) is 5.88 Å². The minimum atomic E-state index is 0.321. The molecule has 4 rings (SSSR count). The van der Waals surface area contributed by atoms with Crippen molar-refractivity contribution in [3.63, 3.8) is 0 Å². The summed E-state index contributed by atoms with van der Waals surface area (Å²) < 4.78 is 16.3. The molecule has 0 spiro atoms. The van der Waals surface area contributed by atoms with E-state index >= 15 is 0 Å². The third-order valence-corrected chi connectivity index (χ3v) is 3.62. The van der Waals surface area contributed by atoms with Crippen LogP contribution in [-0.4, -0.2) is 21.7 Å². The predicted octanol–water partition coefficient (Wildman–Crippen LogP) is 4.25. The van der Waals surface area contributed by atoms with E-state index in [2.05, 4.69) is 21.2 Å². The molecule has 0 aliphatic heterocycles. The van der Waals surface area contributed by atoms with Crippen LogP contribution < -0.4 is 4.74 Å². The van der Waals surface area contributed by atoms with Crippen LogP contribution in [0.25, 0.3) is 33.9 Å². The van der Waals surface area contributed by atoms with E-state index in [0.717, 1.165) is 16.5 Å². The summed E-state index contributed by atoms with van der Waals surface area (Å²) in [6, 6.07) is 11.6. The highest BCUT2D eigenvalue weighted by molar-refractivity contribution is 5.85. The lowest BCUT2D eigenvalue weighted by Crippen LogP contribution is -1.98. The normalized spacial score (nSPS) is 11.1. The van der Waals surface area contributed by atoms with Gasteiger partial charge < -0.3 is 13.7 Å². The van der Waals surface area contributed by atoms with E-state index in [1.807, 2.05) is 32.0 Å². The topological polar surface area (TPSA) is 74.2 Å². The summed E-state index contributed by atoms with van der Waals surface area (Å²) in [6.07, 6.45) is 1.56. The first kappa shape index (κ1) is 14.4. The Labute approximate surface area is 138 Å². The van der Waals surface area contributed by atoms with E-state index in [1.165, 1.54) is 0 Å². The lowest BCUT2D eigenvalue weighted by atomic mass is 10.1. The molecule has 0 radical (unpaired) electrons. The highest BCUT2D eigenvalue weighted by Gasteiger charge is 2.18. The number of aryl methyl sites for hydroxylation is 1. The minimum Gasteiger partial charge on any atom is -0.477 e. The maximum atomic E-state index is 5.67. The Morgan fingerprint density at radius 3 is 2.83 bits per heavy atom. The van der Waals surface area contributed by atoms with Crippen LogP contribution in [0.3, 0.4) is 0 Å². The molecule has 0 bridgehead atoms. The average molecular weight is 321 g/mol. The predicted molar refractivity (Wildman–Crippen MR) is 88.6 cm³/mol. The fraction of sp³-hybridized carbons (Fsp3) is 0.167. The highest BCUT2D eigenvalue weighted by Crippen LogP contribution is 2.31. The third kappa shape index (κ3) is 2.52. The van der Waals surface area contributed by atoms with Crippen LogP contribution in [0.15, 0.2) is 51.6 Å². The van der Waals surface area contributed by atoms with Crippen LogP contribution in [-0.2, 0) is 0 Å². The molecule has 3 aromatic heterocycles. The molecule has 1 aromatic carbocycles. The summed E-state index contributed by atoms with van der Waals surface area (Å²) in [4.78, 5) is 8.99. The second kappa shape index (κ2) is 5.81. The molecular weight excluding hydrogens is 306 g/mol. The quantitative estimate of drug-likeness (QED) is 0.559. The molecule has 0 saturated heterocycles. The van der Waals surface area contributed by atoms with Gasteiger partial charge in [-0.25, -0.2) is 4.98 Å². The number of furan rings is 1. The molecule has 6 heteroatoms. The molecule has 0 unspecified atom stereocenters. The van der Waals surface area contributed by atoms with E-state index in [0.29, 0.717) is 35.5 Å². The largest absolute Gasteiger partial charge is 0.477 e. The van der Waals surface area contributed by atoms with Crippen LogP contribution in [0.2, 0.25) is 0 Å². The summed E-state index contributed by atoms with van der Waals surface area (Å²) in [5.41, 5.74) is 2.71. The summed E-state index contributed by atoms with van der Waals surface area (Å²) in [5.74, 6) is 1.75. The summed E-state index contributed by atoms with van der Waals surface area (Å²) in [5, 5.41) is 5.05. The summed E-state index contributed by atoms with van der Waals surface area (Å²) in [7, 11) is 0. The molecule has 0 aliphatic rings. The SMILES string of the molecule is CCOc1nc2ccc(C)cc2cc1-c1noc(-c2ccco2)n1. The van der Waals surface area contributed by atoms with Gasteiger partial charge in [0.05, 0.1) is 24.0 Å². The minimum absolute atomic E-state index is 0.321.